The summed E-state index contributed by atoms with van der Waals surface area (Å²) in [5.74, 6) is 2.55. The third kappa shape index (κ3) is 2.59. The van der Waals surface area contributed by atoms with Crippen LogP contribution in [0.1, 0.15) is 32.9 Å². The van der Waals surface area contributed by atoms with Gasteiger partial charge < -0.3 is 10.2 Å². The molecule has 4 heteroatoms. The van der Waals surface area contributed by atoms with Gasteiger partial charge in [0.15, 0.2) is 0 Å². The fourth-order valence-corrected chi connectivity index (χ4v) is 3.13. The Balaban J connectivity index is 1.79. The Labute approximate surface area is 115 Å². The average Bonchev–Trinajstić information content (AvgIpc) is 2.85. The van der Waals surface area contributed by atoms with Crippen molar-refractivity contribution in [3.05, 3.63) is 18.0 Å². The van der Waals surface area contributed by atoms with Crippen LogP contribution in [-0.2, 0) is 5.41 Å². The molecule has 0 saturated carbocycles. The van der Waals surface area contributed by atoms with E-state index in [1.165, 1.54) is 13.0 Å². The summed E-state index contributed by atoms with van der Waals surface area (Å²) in [5.41, 5.74) is 1.22. The lowest BCUT2D eigenvalue weighted by molar-refractivity contribution is 0.345. The molecule has 4 nitrogen and oxygen atoms in total. The number of piperidine rings is 1. The molecule has 1 N–H and O–H groups in total. The van der Waals surface area contributed by atoms with Gasteiger partial charge in [0.1, 0.15) is 0 Å². The van der Waals surface area contributed by atoms with Gasteiger partial charge in [-0.15, -0.1) is 0 Å². The van der Waals surface area contributed by atoms with E-state index in [1.54, 1.807) is 0 Å². The van der Waals surface area contributed by atoms with Crippen LogP contribution in [0.2, 0.25) is 0 Å². The van der Waals surface area contributed by atoms with E-state index in [0.29, 0.717) is 0 Å². The van der Waals surface area contributed by atoms with Gasteiger partial charge >= 0.3 is 0 Å². The normalized spacial score (nSPS) is 27.4. The first-order valence-electron chi connectivity index (χ1n) is 7.33. The van der Waals surface area contributed by atoms with Crippen LogP contribution < -0.4 is 10.2 Å². The largest absolute Gasteiger partial charge is 0.340 e. The van der Waals surface area contributed by atoms with Crippen LogP contribution in [0.5, 0.6) is 0 Å². The van der Waals surface area contributed by atoms with Gasteiger partial charge in [-0.1, -0.05) is 20.8 Å². The first-order chi connectivity index (χ1) is 9.04. The summed E-state index contributed by atoms with van der Waals surface area (Å²) in [7, 11) is 0. The minimum absolute atomic E-state index is 0.0882. The zero-order valence-electron chi connectivity index (χ0n) is 12.2. The summed E-state index contributed by atoms with van der Waals surface area (Å²) >= 11 is 0. The first-order valence-corrected chi connectivity index (χ1v) is 7.33. The molecule has 104 valence electrons. The first kappa shape index (κ1) is 12.9. The zero-order valence-corrected chi connectivity index (χ0v) is 12.2. The minimum Gasteiger partial charge on any atom is -0.340 e. The van der Waals surface area contributed by atoms with E-state index in [-0.39, 0.29) is 5.41 Å². The van der Waals surface area contributed by atoms with E-state index in [1.807, 2.05) is 12.3 Å². The third-order valence-electron chi connectivity index (χ3n) is 4.40. The van der Waals surface area contributed by atoms with Gasteiger partial charge in [0.2, 0.25) is 5.95 Å². The summed E-state index contributed by atoms with van der Waals surface area (Å²) in [6.45, 7) is 11.1. The van der Waals surface area contributed by atoms with E-state index in [2.05, 4.69) is 36.0 Å². The molecule has 2 unspecified atom stereocenters. The molecular weight excluding hydrogens is 236 g/mol. The number of anilines is 1. The maximum atomic E-state index is 4.78. The van der Waals surface area contributed by atoms with Gasteiger partial charge in [-0.05, 0) is 37.4 Å². The van der Waals surface area contributed by atoms with E-state index in [0.717, 1.165) is 43.1 Å². The molecule has 19 heavy (non-hydrogen) atoms. The zero-order chi connectivity index (χ0) is 13.5. The number of hydrogen-bond donors (Lipinski definition) is 1. The predicted molar refractivity (Wildman–Crippen MR) is 77.4 cm³/mol. The molecule has 1 aromatic rings. The second-order valence-electron chi connectivity index (χ2n) is 6.90. The van der Waals surface area contributed by atoms with Crippen LogP contribution in [-0.4, -0.2) is 36.1 Å². The Bertz CT molecular complexity index is 452. The second kappa shape index (κ2) is 4.75. The van der Waals surface area contributed by atoms with Crippen LogP contribution >= 0.6 is 0 Å². The Kier molecular flexibility index (Phi) is 3.21. The number of aromatic nitrogens is 2. The van der Waals surface area contributed by atoms with E-state index >= 15 is 0 Å². The standard InChI is InChI=1S/C15H24N4/c1-15(2,3)13-4-6-17-14(18-13)19-7-5-11-8-16-9-12(11)10-19/h4,6,11-12,16H,5,7-10H2,1-3H3. The Morgan fingerprint density at radius 3 is 2.84 bits per heavy atom. The fraction of sp³-hybridized carbons (Fsp3) is 0.733. The number of rotatable bonds is 1. The van der Waals surface area contributed by atoms with Crippen molar-refractivity contribution in [2.45, 2.75) is 32.6 Å². The number of nitrogens with one attached hydrogen (secondary N) is 1. The van der Waals surface area contributed by atoms with Crippen molar-refractivity contribution in [3.8, 4) is 0 Å². The van der Waals surface area contributed by atoms with E-state index < -0.39 is 0 Å². The predicted octanol–water partition coefficient (Wildman–Crippen LogP) is 1.82. The topological polar surface area (TPSA) is 41.1 Å². The van der Waals surface area contributed by atoms with Gasteiger partial charge in [-0.3, -0.25) is 0 Å². The second-order valence-corrected chi connectivity index (χ2v) is 6.90. The lowest BCUT2D eigenvalue weighted by Crippen LogP contribution is -2.41. The molecule has 2 fully saturated rings. The summed E-state index contributed by atoms with van der Waals surface area (Å²) in [6.07, 6.45) is 3.17. The molecule has 0 spiro atoms. The number of fused-ring (bicyclic) bond motifs is 1. The molecule has 2 aliphatic heterocycles. The van der Waals surface area contributed by atoms with Crippen molar-refractivity contribution in [1.29, 1.82) is 0 Å². The fourth-order valence-electron chi connectivity index (χ4n) is 3.13. The molecule has 0 bridgehead atoms. The minimum atomic E-state index is 0.0882. The number of nitrogens with zero attached hydrogens (tertiary/aromatic N) is 3. The Morgan fingerprint density at radius 1 is 1.26 bits per heavy atom. The Hall–Kier alpha value is -1.16. The van der Waals surface area contributed by atoms with Crippen LogP contribution in [0.15, 0.2) is 12.3 Å². The molecule has 0 aromatic carbocycles. The SMILES string of the molecule is CC(C)(C)c1ccnc(N2CCC3CNCC3C2)n1. The van der Waals surface area contributed by atoms with Crippen molar-refractivity contribution < 1.29 is 0 Å². The summed E-state index contributed by atoms with van der Waals surface area (Å²) in [5, 5.41) is 3.50. The quantitative estimate of drug-likeness (QED) is 0.836. The lowest BCUT2D eigenvalue weighted by Gasteiger charge is -2.34. The smallest absolute Gasteiger partial charge is 0.225 e. The Morgan fingerprint density at radius 2 is 2.05 bits per heavy atom. The van der Waals surface area contributed by atoms with Gasteiger partial charge in [0.05, 0.1) is 5.69 Å². The van der Waals surface area contributed by atoms with Gasteiger partial charge in [0, 0.05) is 24.7 Å². The van der Waals surface area contributed by atoms with Gasteiger partial charge in [-0.25, -0.2) is 9.97 Å². The van der Waals surface area contributed by atoms with Crippen molar-refractivity contribution in [1.82, 2.24) is 15.3 Å². The highest BCUT2D eigenvalue weighted by atomic mass is 15.3. The summed E-state index contributed by atoms with van der Waals surface area (Å²) in [6, 6.07) is 2.04. The molecule has 0 amide bonds. The monoisotopic (exact) mass is 260 g/mol. The summed E-state index contributed by atoms with van der Waals surface area (Å²) < 4.78 is 0. The summed E-state index contributed by atoms with van der Waals surface area (Å²) in [4.78, 5) is 11.6. The van der Waals surface area contributed by atoms with E-state index in [4.69, 9.17) is 4.98 Å². The molecule has 3 rings (SSSR count). The van der Waals surface area contributed by atoms with Crippen LogP contribution in [0.4, 0.5) is 5.95 Å². The number of hydrogen-bond acceptors (Lipinski definition) is 4. The van der Waals surface area contributed by atoms with Gasteiger partial charge in [0.25, 0.3) is 0 Å². The lowest BCUT2D eigenvalue weighted by atomic mass is 9.89. The van der Waals surface area contributed by atoms with Crippen molar-refractivity contribution in [2.24, 2.45) is 11.8 Å². The van der Waals surface area contributed by atoms with Crippen molar-refractivity contribution in [2.75, 3.05) is 31.1 Å². The van der Waals surface area contributed by atoms with E-state index in [9.17, 15) is 0 Å². The van der Waals surface area contributed by atoms with Crippen LogP contribution in [0, 0.1) is 11.8 Å². The maximum absolute atomic E-state index is 4.78. The molecule has 0 aliphatic carbocycles. The average molecular weight is 260 g/mol. The van der Waals surface area contributed by atoms with Gasteiger partial charge in [-0.2, -0.15) is 0 Å². The van der Waals surface area contributed by atoms with Crippen molar-refractivity contribution >= 4 is 5.95 Å². The highest BCUT2D eigenvalue weighted by molar-refractivity contribution is 5.33. The molecule has 2 aliphatic rings. The highest BCUT2D eigenvalue weighted by Gasteiger charge is 2.33. The van der Waals surface area contributed by atoms with Crippen molar-refractivity contribution in [3.63, 3.8) is 0 Å². The molecule has 0 radical (unpaired) electrons. The highest BCUT2D eigenvalue weighted by Crippen LogP contribution is 2.29. The molecule has 3 heterocycles. The molecule has 1 aromatic heterocycles. The van der Waals surface area contributed by atoms with Crippen LogP contribution in [0.25, 0.3) is 0 Å². The maximum Gasteiger partial charge on any atom is 0.225 e. The molecule has 2 atom stereocenters. The molecular formula is C15H24N4. The van der Waals surface area contributed by atoms with Crippen LogP contribution in [0.3, 0.4) is 0 Å². The molecule has 2 saturated heterocycles. The third-order valence-corrected chi connectivity index (χ3v) is 4.40.